The Bertz CT molecular complexity index is 218. The molecule has 16 heavy (non-hydrogen) atoms. The Morgan fingerprint density at radius 1 is 1.56 bits per heavy atom. The van der Waals surface area contributed by atoms with Gasteiger partial charge in [-0.25, -0.2) is 4.79 Å². The van der Waals surface area contributed by atoms with E-state index < -0.39 is 0 Å². The minimum atomic E-state index is 0.0652. The van der Waals surface area contributed by atoms with Crippen molar-refractivity contribution in [2.45, 2.75) is 58.0 Å². The number of nitrogens with zero attached hydrogens (tertiary/aromatic N) is 1. The molecule has 4 nitrogen and oxygen atoms in total. The van der Waals surface area contributed by atoms with Gasteiger partial charge in [0.1, 0.15) is 0 Å². The fourth-order valence-corrected chi connectivity index (χ4v) is 2.23. The van der Waals surface area contributed by atoms with Gasteiger partial charge in [0.15, 0.2) is 0 Å². The van der Waals surface area contributed by atoms with E-state index >= 15 is 0 Å². The standard InChI is InChI=1S/C12H25N3O/c1-3-4-8-14-12(16)15-9-6-5-7-11(15)10(2)13/h10-11H,3-9,13H2,1-2H3,(H,14,16). The van der Waals surface area contributed by atoms with E-state index in [4.69, 9.17) is 5.73 Å². The van der Waals surface area contributed by atoms with Gasteiger partial charge in [0, 0.05) is 25.2 Å². The third-order valence-electron chi connectivity index (χ3n) is 3.22. The molecule has 2 amide bonds. The molecular weight excluding hydrogens is 202 g/mol. The summed E-state index contributed by atoms with van der Waals surface area (Å²) < 4.78 is 0. The second-order valence-corrected chi connectivity index (χ2v) is 4.70. The molecule has 0 saturated carbocycles. The Balaban J connectivity index is 2.44. The van der Waals surface area contributed by atoms with Crippen molar-refractivity contribution >= 4 is 6.03 Å². The molecule has 1 aliphatic heterocycles. The summed E-state index contributed by atoms with van der Waals surface area (Å²) >= 11 is 0. The summed E-state index contributed by atoms with van der Waals surface area (Å²) in [7, 11) is 0. The largest absolute Gasteiger partial charge is 0.338 e. The van der Waals surface area contributed by atoms with Crippen LogP contribution in [0.15, 0.2) is 0 Å². The van der Waals surface area contributed by atoms with Crippen LogP contribution in [0.1, 0.15) is 46.0 Å². The molecule has 0 spiro atoms. The van der Waals surface area contributed by atoms with E-state index in [1.54, 1.807) is 0 Å². The van der Waals surface area contributed by atoms with Crippen molar-refractivity contribution in [3.63, 3.8) is 0 Å². The number of nitrogens with two attached hydrogens (primary N) is 1. The summed E-state index contributed by atoms with van der Waals surface area (Å²) in [6.45, 7) is 5.74. The molecule has 1 rings (SSSR count). The minimum Gasteiger partial charge on any atom is -0.338 e. The minimum absolute atomic E-state index is 0.0652. The van der Waals surface area contributed by atoms with Crippen LogP contribution in [0.3, 0.4) is 0 Å². The van der Waals surface area contributed by atoms with Gasteiger partial charge in [0.2, 0.25) is 0 Å². The maximum atomic E-state index is 11.9. The van der Waals surface area contributed by atoms with Crippen LogP contribution in [-0.4, -0.2) is 36.1 Å². The third-order valence-corrected chi connectivity index (χ3v) is 3.22. The number of rotatable bonds is 4. The molecular formula is C12H25N3O. The SMILES string of the molecule is CCCCNC(=O)N1CCCCC1C(C)N. The van der Waals surface area contributed by atoms with Crippen molar-refractivity contribution in [2.75, 3.05) is 13.1 Å². The normalized spacial score (nSPS) is 22.9. The highest BCUT2D eigenvalue weighted by atomic mass is 16.2. The van der Waals surface area contributed by atoms with Gasteiger partial charge in [0.05, 0.1) is 0 Å². The first kappa shape index (κ1) is 13.3. The average molecular weight is 227 g/mol. The molecule has 0 aromatic carbocycles. The molecule has 0 radical (unpaired) electrons. The Morgan fingerprint density at radius 2 is 2.31 bits per heavy atom. The molecule has 1 fully saturated rings. The highest BCUT2D eigenvalue weighted by Crippen LogP contribution is 2.18. The van der Waals surface area contributed by atoms with Crippen LogP contribution >= 0.6 is 0 Å². The first-order valence-corrected chi connectivity index (χ1v) is 6.47. The predicted molar refractivity (Wildman–Crippen MR) is 66.3 cm³/mol. The maximum absolute atomic E-state index is 11.9. The zero-order valence-corrected chi connectivity index (χ0v) is 10.5. The lowest BCUT2D eigenvalue weighted by molar-refractivity contribution is 0.140. The van der Waals surface area contributed by atoms with Crippen molar-refractivity contribution in [2.24, 2.45) is 5.73 Å². The van der Waals surface area contributed by atoms with E-state index in [1.165, 1.54) is 6.42 Å². The molecule has 0 aromatic rings. The van der Waals surface area contributed by atoms with Gasteiger partial charge in [0.25, 0.3) is 0 Å². The number of nitrogens with one attached hydrogen (secondary N) is 1. The topological polar surface area (TPSA) is 58.4 Å². The summed E-state index contributed by atoms with van der Waals surface area (Å²) in [4.78, 5) is 13.9. The van der Waals surface area contributed by atoms with E-state index in [-0.39, 0.29) is 18.1 Å². The number of carbonyl (C=O) groups excluding carboxylic acids is 1. The quantitative estimate of drug-likeness (QED) is 0.718. The number of amides is 2. The lowest BCUT2D eigenvalue weighted by Gasteiger charge is -2.37. The Kier molecular flexibility index (Phi) is 5.60. The van der Waals surface area contributed by atoms with Crippen molar-refractivity contribution < 1.29 is 4.79 Å². The van der Waals surface area contributed by atoms with Gasteiger partial charge in [-0.05, 0) is 32.6 Å². The van der Waals surface area contributed by atoms with E-state index in [0.717, 1.165) is 38.8 Å². The lowest BCUT2D eigenvalue weighted by Crippen LogP contribution is -2.54. The zero-order chi connectivity index (χ0) is 12.0. The molecule has 0 aromatic heterocycles. The van der Waals surface area contributed by atoms with Gasteiger partial charge >= 0.3 is 6.03 Å². The van der Waals surface area contributed by atoms with Gasteiger partial charge in [-0.1, -0.05) is 13.3 Å². The third kappa shape index (κ3) is 3.67. The number of hydrogen-bond acceptors (Lipinski definition) is 2. The fourth-order valence-electron chi connectivity index (χ4n) is 2.23. The van der Waals surface area contributed by atoms with Gasteiger partial charge in [-0.2, -0.15) is 0 Å². The highest BCUT2D eigenvalue weighted by Gasteiger charge is 2.28. The lowest BCUT2D eigenvalue weighted by atomic mass is 9.97. The first-order chi connectivity index (χ1) is 7.66. The van der Waals surface area contributed by atoms with Crippen LogP contribution in [0.5, 0.6) is 0 Å². The number of hydrogen-bond donors (Lipinski definition) is 2. The van der Waals surface area contributed by atoms with E-state index in [1.807, 2.05) is 11.8 Å². The van der Waals surface area contributed by atoms with Gasteiger partial charge in [-0.15, -0.1) is 0 Å². The van der Waals surface area contributed by atoms with E-state index in [0.29, 0.717) is 0 Å². The molecule has 94 valence electrons. The molecule has 2 atom stereocenters. The molecule has 1 saturated heterocycles. The number of unbranched alkanes of at least 4 members (excludes halogenated alkanes) is 1. The first-order valence-electron chi connectivity index (χ1n) is 6.47. The number of urea groups is 1. The van der Waals surface area contributed by atoms with Gasteiger partial charge < -0.3 is 16.0 Å². The summed E-state index contributed by atoms with van der Waals surface area (Å²) in [5.74, 6) is 0. The summed E-state index contributed by atoms with van der Waals surface area (Å²) in [5.41, 5.74) is 5.93. The number of carbonyl (C=O) groups is 1. The van der Waals surface area contributed by atoms with Crippen molar-refractivity contribution in [3.8, 4) is 0 Å². The predicted octanol–water partition coefficient (Wildman–Crippen LogP) is 1.70. The molecule has 2 unspecified atom stereocenters. The molecule has 1 aliphatic rings. The molecule has 3 N–H and O–H groups in total. The summed E-state index contributed by atoms with van der Waals surface area (Å²) in [6, 6.07) is 0.350. The second-order valence-electron chi connectivity index (χ2n) is 4.70. The number of likely N-dealkylation sites (tertiary alicyclic amines) is 1. The molecule has 4 heteroatoms. The fraction of sp³-hybridized carbons (Fsp3) is 0.917. The van der Waals surface area contributed by atoms with Crippen LogP contribution in [0, 0.1) is 0 Å². The van der Waals surface area contributed by atoms with Crippen molar-refractivity contribution in [1.82, 2.24) is 10.2 Å². The monoisotopic (exact) mass is 227 g/mol. The summed E-state index contributed by atoms with van der Waals surface area (Å²) in [5, 5.41) is 2.97. The Labute approximate surface area is 98.6 Å². The van der Waals surface area contributed by atoms with Crippen molar-refractivity contribution in [3.05, 3.63) is 0 Å². The van der Waals surface area contributed by atoms with E-state index in [2.05, 4.69) is 12.2 Å². The molecule has 1 heterocycles. The smallest absolute Gasteiger partial charge is 0.317 e. The summed E-state index contributed by atoms with van der Waals surface area (Å²) in [6.07, 6.45) is 5.48. The second kappa shape index (κ2) is 6.74. The van der Waals surface area contributed by atoms with Crippen LogP contribution < -0.4 is 11.1 Å². The van der Waals surface area contributed by atoms with Crippen LogP contribution in [-0.2, 0) is 0 Å². The molecule has 0 bridgehead atoms. The highest BCUT2D eigenvalue weighted by molar-refractivity contribution is 5.74. The average Bonchev–Trinajstić information content (AvgIpc) is 2.29. The van der Waals surface area contributed by atoms with Crippen molar-refractivity contribution in [1.29, 1.82) is 0 Å². The Hall–Kier alpha value is -0.770. The van der Waals surface area contributed by atoms with Crippen LogP contribution in [0.2, 0.25) is 0 Å². The number of piperidine rings is 1. The Morgan fingerprint density at radius 3 is 2.94 bits per heavy atom. The maximum Gasteiger partial charge on any atom is 0.317 e. The van der Waals surface area contributed by atoms with E-state index in [9.17, 15) is 4.79 Å². The van der Waals surface area contributed by atoms with Crippen LogP contribution in [0.25, 0.3) is 0 Å². The van der Waals surface area contributed by atoms with Crippen LogP contribution in [0.4, 0.5) is 4.79 Å². The zero-order valence-electron chi connectivity index (χ0n) is 10.5. The molecule has 0 aliphatic carbocycles. The van der Waals surface area contributed by atoms with Gasteiger partial charge in [-0.3, -0.25) is 0 Å².